The summed E-state index contributed by atoms with van der Waals surface area (Å²) >= 11 is 0. The van der Waals surface area contributed by atoms with Gasteiger partial charge in [-0.25, -0.2) is 17.6 Å². The van der Waals surface area contributed by atoms with Gasteiger partial charge in [0.1, 0.15) is 7.17 Å². The van der Waals surface area contributed by atoms with Crippen molar-refractivity contribution >= 4 is 20.4 Å². The summed E-state index contributed by atoms with van der Waals surface area (Å²) in [5.74, 6) is -5.60. The van der Waals surface area contributed by atoms with Gasteiger partial charge in [-0.3, -0.25) is 0 Å². The van der Waals surface area contributed by atoms with E-state index in [0.717, 1.165) is 0 Å². The third kappa shape index (κ3) is 1.97. The second kappa shape index (κ2) is 4.93. The normalized spacial score (nSPS) is 12.6. The van der Waals surface area contributed by atoms with Crippen LogP contribution in [0, 0.1) is 23.3 Å². The second-order valence-electron chi connectivity index (χ2n) is 3.81. The Morgan fingerprint density at radius 1 is 1.06 bits per heavy atom. The van der Waals surface area contributed by atoms with Gasteiger partial charge in [-0.05, 0) is 17.8 Å². The molecule has 0 saturated heterocycles. The molecule has 0 fully saturated rings. The van der Waals surface area contributed by atoms with Crippen molar-refractivity contribution < 1.29 is 17.6 Å². The molecule has 1 unspecified atom stereocenters. The molecule has 0 nitrogen and oxygen atoms in total. The summed E-state index contributed by atoms with van der Waals surface area (Å²) in [6.07, 6.45) is 0.415. The molecule has 0 aliphatic heterocycles. The van der Waals surface area contributed by atoms with Gasteiger partial charge in [-0.1, -0.05) is 13.8 Å². The molecule has 1 rings (SSSR count). The van der Waals surface area contributed by atoms with Crippen molar-refractivity contribution in [3.05, 3.63) is 28.8 Å². The third-order valence-corrected chi connectivity index (χ3v) is 2.85. The standard InChI is InChI=1S/C10H12B2F4/c1-3-4(2)5-7(13)9(15)6(12-11)10(16)8(5)14/h4,12H,3,11H2,1-2H3. The van der Waals surface area contributed by atoms with E-state index < -0.39 is 40.2 Å². The summed E-state index contributed by atoms with van der Waals surface area (Å²) in [6, 6.07) is 0. The Balaban J connectivity index is 3.53. The number of halogens is 4. The topological polar surface area (TPSA) is 0 Å². The minimum Gasteiger partial charge on any atom is -0.204 e. The van der Waals surface area contributed by atoms with Crippen LogP contribution < -0.4 is 5.46 Å². The van der Waals surface area contributed by atoms with Crippen molar-refractivity contribution in [3.63, 3.8) is 0 Å². The Bertz CT molecular complexity index is 377. The Morgan fingerprint density at radius 3 is 1.81 bits per heavy atom. The molecule has 0 saturated carbocycles. The second-order valence-corrected chi connectivity index (χ2v) is 3.81. The number of rotatable bonds is 3. The Morgan fingerprint density at radius 2 is 1.50 bits per heavy atom. The number of hydrogen-bond donors (Lipinski definition) is 0. The van der Waals surface area contributed by atoms with Crippen LogP contribution in [-0.2, 0) is 0 Å². The van der Waals surface area contributed by atoms with Gasteiger partial charge in [-0.15, -0.1) is 0 Å². The van der Waals surface area contributed by atoms with Crippen molar-refractivity contribution in [1.29, 1.82) is 0 Å². The van der Waals surface area contributed by atoms with E-state index in [0.29, 0.717) is 6.42 Å². The minimum atomic E-state index is -1.27. The van der Waals surface area contributed by atoms with Gasteiger partial charge in [0.2, 0.25) is 0 Å². The monoisotopic (exact) mass is 230 g/mol. The molecule has 86 valence electrons. The molecule has 0 aliphatic carbocycles. The summed E-state index contributed by atoms with van der Waals surface area (Å²) in [7, 11) is 1.37. The fourth-order valence-electron chi connectivity index (χ4n) is 1.64. The lowest BCUT2D eigenvalue weighted by atomic mass is 9.51. The summed E-state index contributed by atoms with van der Waals surface area (Å²) in [5, 5.41) is 0. The minimum absolute atomic E-state index is 0.0771. The molecular formula is C10H12B2F4. The molecular weight excluding hydrogens is 218 g/mol. The third-order valence-electron chi connectivity index (χ3n) is 2.85. The highest BCUT2D eigenvalue weighted by Gasteiger charge is 2.26. The Labute approximate surface area is 93.7 Å². The lowest BCUT2D eigenvalue weighted by Gasteiger charge is -2.15. The van der Waals surface area contributed by atoms with Crippen LogP contribution in [0.15, 0.2) is 0 Å². The fourth-order valence-corrected chi connectivity index (χ4v) is 1.64. The average molecular weight is 230 g/mol. The van der Waals surface area contributed by atoms with Crippen LogP contribution in [0.4, 0.5) is 17.6 Å². The number of benzene rings is 1. The van der Waals surface area contributed by atoms with Gasteiger partial charge in [0.25, 0.3) is 0 Å². The Hall–Kier alpha value is -0.930. The maximum absolute atomic E-state index is 13.5. The molecule has 0 amide bonds. The van der Waals surface area contributed by atoms with E-state index in [1.165, 1.54) is 14.7 Å². The fraction of sp³-hybridized carbons (Fsp3) is 0.400. The van der Waals surface area contributed by atoms with E-state index in [1.54, 1.807) is 6.92 Å². The molecule has 0 spiro atoms. The van der Waals surface area contributed by atoms with Crippen molar-refractivity contribution in [1.82, 2.24) is 0 Å². The SMILES string of the molecule is BBc1c(F)c(F)c(C(C)CC)c(F)c1F. The van der Waals surface area contributed by atoms with E-state index >= 15 is 0 Å². The highest BCUT2D eigenvalue weighted by molar-refractivity contribution is 6.97. The maximum Gasteiger partial charge on any atom is 0.164 e. The zero-order valence-electron chi connectivity index (χ0n) is 9.50. The lowest BCUT2D eigenvalue weighted by Crippen LogP contribution is -2.28. The Kier molecular flexibility index (Phi) is 4.05. The average Bonchev–Trinajstić information content (AvgIpc) is 2.27. The summed E-state index contributed by atoms with van der Waals surface area (Å²) < 4.78 is 53.9. The van der Waals surface area contributed by atoms with Crippen LogP contribution in [0.3, 0.4) is 0 Å². The molecule has 1 aromatic rings. The largest absolute Gasteiger partial charge is 0.204 e. The van der Waals surface area contributed by atoms with Gasteiger partial charge < -0.3 is 0 Å². The van der Waals surface area contributed by atoms with Crippen LogP contribution in [-0.4, -0.2) is 14.9 Å². The van der Waals surface area contributed by atoms with Crippen molar-refractivity contribution in [3.8, 4) is 0 Å². The first-order valence-corrected chi connectivity index (χ1v) is 5.30. The van der Waals surface area contributed by atoms with Crippen LogP contribution in [0.25, 0.3) is 0 Å². The van der Waals surface area contributed by atoms with E-state index in [4.69, 9.17) is 0 Å². The summed E-state index contributed by atoms with van der Waals surface area (Å²) in [4.78, 5) is 0. The van der Waals surface area contributed by atoms with Gasteiger partial charge in [-0.2, -0.15) is 0 Å². The summed E-state index contributed by atoms with van der Waals surface area (Å²) in [6.45, 7) is 3.24. The molecule has 0 radical (unpaired) electrons. The molecule has 0 N–H and O–H groups in total. The molecule has 0 heterocycles. The van der Waals surface area contributed by atoms with Gasteiger partial charge in [0.15, 0.2) is 23.3 Å². The predicted molar refractivity (Wildman–Crippen MR) is 60.3 cm³/mol. The summed E-state index contributed by atoms with van der Waals surface area (Å²) in [5.41, 5.74) is -1.02. The number of hydrogen-bond acceptors (Lipinski definition) is 0. The van der Waals surface area contributed by atoms with Crippen LogP contribution >= 0.6 is 0 Å². The van der Waals surface area contributed by atoms with Crippen molar-refractivity contribution in [2.75, 3.05) is 0 Å². The molecule has 0 aliphatic rings. The lowest BCUT2D eigenvalue weighted by molar-refractivity contribution is 0.435. The highest BCUT2D eigenvalue weighted by Crippen LogP contribution is 2.27. The van der Waals surface area contributed by atoms with Crippen LogP contribution in [0.5, 0.6) is 0 Å². The van der Waals surface area contributed by atoms with Crippen molar-refractivity contribution in [2.45, 2.75) is 26.2 Å². The molecule has 6 heteroatoms. The highest BCUT2D eigenvalue weighted by atomic mass is 19.2. The first-order valence-electron chi connectivity index (χ1n) is 5.30. The quantitative estimate of drug-likeness (QED) is 0.417. The van der Waals surface area contributed by atoms with Crippen LogP contribution in [0.1, 0.15) is 31.7 Å². The van der Waals surface area contributed by atoms with E-state index in [-0.39, 0.29) is 7.17 Å². The van der Waals surface area contributed by atoms with Crippen LogP contribution in [0.2, 0.25) is 0 Å². The molecule has 0 aromatic heterocycles. The smallest absolute Gasteiger partial charge is 0.164 e. The maximum atomic E-state index is 13.5. The zero-order chi connectivity index (χ0) is 12.5. The zero-order valence-corrected chi connectivity index (χ0v) is 9.50. The van der Waals surface area contributed by atoms with Gasteiger partial charge >= 0.3 is 0 Å². The first-order chi connectivity index (χ1) is 7.45. The van der Waals surface area contributed by atoms with E-state index in [9.17, 15) is 17.6 Å². The predicted octanol–water partition coefficient (Wildman–Crippen LogP) is 1.37. The molecule has 1 atom stereocenters. The van der Waals surface area contributed by atoms with Crippen molar-refractivity contribution in [2.24, 2.45) is 0 Å². The molecule has 16 heavy (non-hydrogen) atoms. The van der Waals surface area contributed by atoms with Gasteiger partial charge in [0.05, 0.1) is 7.74 Å². The molecule has 1 aromatic carbocycles. The van der Waals surface area contributed by atoms with E-state index in [2.05, 4.69) is 0 Å². The van der Waals surface area contributed by atoms with Gasteiger partial charge in [0, 0.05) is 5.56 Å². The molecule has 0 bridgehead atoms. The first kappa shape index (κ1) is 13.1. The van der Waals surface area contributed by atoms with E-state index in [1.807, 2.05) is 0 Å².